The van der Waals surface area contributed by atoms with E-state index < -0.39 is 0 Å². The lowest BCUT2D eigenvalue weighted by Gasteiger charge is -2.23. The first kappa shape index (κ1) is 15.1. The number of ether oxygens (including phenoxy) is 1. The Labute approximate surface area is 113 Å². The van der Waals surface area contributed by atoms with Gasteiger partial charge in [0, 0.05) is 32.2 Å². The van der Waals surface area contributed by atoms with Crippen LogP contribution in [0.25, 0.3) is 0 Å². The van der Waals surface area contributed by atoms with E-state index in [0.29, 0.717) is 30.7 Å². The molecule has 0 fully saturated rings. The summed E-state index contributed by atoms with van der Waals surface area (Å²) in [6.07, 6.45) is 0. The van der Waals surface area contributed by atoms with E-state index in [1.807, 2.05) is 18.7 Å². The van der Waals surface area contributed by atoms with E-state index in [9.17, 15) is 0 Å². The summed E-state index contributed by atoms with van der Waals surface area (Å²) < 4.78 is 5.05. The highest BCUT2D eigenvalue weighted by atomic mass is 35.5. The monoisotopic (exact) mass is 273 g/mol. The van der Waals surface area contributed by atoms with Crippen LogP contribution in [0, 0.1) is 0 Å². The number of hydrogen-bond donors (Lipinski definition) is 1. The van der Waals surface area contributed by atoms with Crippen molar-refractivity contribution in [2.24, 2.45) is 0 Å². The van der Waals surface area contributed by atoms with Crippen LogP contribution in [0.5, 0.6) is 0 Å². The molecule has 0 bridgehead atoms. The van der Waals surface area contributed by atoms with Gasteiger partial charge in [-0.2, -0.15) is 0 Å². The Morgan fingerprint density at radius 3 is 2.67 bits per heavy atom. The van der Waals surface area contributed by atoms with Crippen molar-refractivity contribution in [1.82, 2.24) is 9.97 Å². The first-order valence-corrected chi connectivity index (χ1v) is 6.35. The Hall–Kier alpha value is -0.910. The van der Waals surface area contributed by atoms with Crippen molar-refractivity contribution in [3.63, 3.8) is 0 Å². The van der Waals surface area contributed by atoms with E-state index in [0.717, 1.165) is 5.82 Å². The normalized spacial score (nSPS) is 11.0. The number of aromatic nitrogens is 2. The van der Waals surface area contributed by atoms with Gasteiger partial charge in [-0.25, -0.2) is 9.97 Å². The van der Waals surface area contributed by atoms with Crippen molar-refractivity contribution in [1.29, 1.82) is 0 Å². The zero-order valence-electron chi connectivity index (χ0n) is 11.1. The maximum absolute atomic E-state index is 9.09. The van der Waals surface area contributed by atoms with Gasteiger partial charge in [0.2, 0.25) is 0 Å². The summed E-state index contributed by atoms with van der Waals surface area (Å²) in [5.41, 5.74) is 0. The van der Waals surface area contributed by atoms with Crippen LogP contribution in [-0.4, -0.2) is 48.5 Å². The first-order valence-electron chi connectivity index (χ1n) is 5.97. The summed E-state index contributed by atoms with van der Waals surface area (Å²) in [4.78, 5) is 10.6. The number of halogens is 1. The quantitative estimate of drug-likeness (QED) is 0.767. The molecule has 0 aromatic carbocycles. The predicted molar refractivity (Wildman–Crippen MR) is 72.3 cm³/mol. The maximum atomic E-state index is 9.09. The van der Waals surface area contributed by atoms with Crippen LogP contribution in [-0.2, 0) is 4.74 Å². The summed E-state index contributed by atoms with van der Waals surface area (Å²) in [6.45, 7) is 5.80. The topological polar surface area (TPSA) is 58.5 Å². The Kier molecular flexibility index (Phi) is 6.32. The van der Waals surface area contributed by atoms with Crippen LogP contribution >= 0.6 is 11.6 Å². The SMILES string of the molecule is COCCN(CCO)c1cc(Cl)nc(C(C)C)n1. The zero-order chi connectivity index (χ0) is 13.5. The van der Waals surface area contributed by atoms with Crippen LogP contribution in [0.1, 0.15) is 25.6 Å². The van der Waals surface area contributed by atoms with Crippen LogP contribution in [0.4, 0.5) is 5.82 Å². The third kappa shape index (κ3) is 4.40. The first-order chi connectivity index (χ1) is 8.58. The average molecular weight is 274 g/mol. The van der Waals surface area contributed by atoms with E-state index in [2.05, 4.69) is 9.97 Å². The van der Waals surface area contributed by atoms with Crippen LogP contribution in [0.3, 0.4) is 0 Å². The fourth-order valence-corrected chi connectivity index (χ4v) is 1.69. The van der Waals surface area contributed by atoms with Crippen molar-refractivity contribution in [2.45, 2.75) is 19.8 Å². The lowest BCUT2D eigenvalue weighted by molar-refractivity contribution is 0.202. The molecular weight excluding hydrogens is 254 g/mol. The lowest BCUT2D eigenvalue weighted by Crippen LogP contribution is -2.31. The third-order valence-electron chi connectivity index (χ3n) is 2.47. The Bertz CT molecular complexity index is 374. The van der Waals surface area contributed by atoms with Crippen molar-refractivity contribution in [3.05, 3.63) is 17.0 Å². The molecular formula is C12H20ClN3O2. The van der Waals surface area contributed by atoms with E-state index in [-0.39, 0.29) is 12.5 Å². The van der Waals surface area contributed by atoms with Gasteiger partial charge in [-0.05, 0) is 0 Å². The van der Waals surface area contributed by atoms with Gasteiger partial charge < -0.3 is 14.7 Å². The van der Waals surface area contributed by atoms with Crippen LogP contribution in [0.2, 0.25) is 5.15 Å². The van der Waals surface area contributed by atoms with Gasteiger partial charge >= 0.3 is 0 Å². The number of anilines is 1. The molecule has 18 heavy (non-hydrogen) atoms. The summed E-state index contributed by atoms with van der Waals surface area (Å²) in [5, 5.41) is 9.51. The minimum absolute atomic E-state index is 0.0579. The standard InChI is InChI=1S/C12H20ClN3O2/c1-9(2)12-14-10(13)8-11(15-12)16(4-6-17)5-7-18-3/h8-9,17H,4-7H2,1-3H3. The van der Waals surface area contributed by atoms with Gasteiger partial charge in [0.15, 0.2) is 0 Å². The van der Waals surface area contributed by atoms with Crippen molar-refractivity contribution in [2.75, 3.05) is 38.3 Å². The number of rotatable bonds is 7. The minimum Gasteiger partial charge on any atom is -0.395 e. The second kappa shape index (κ2) is 7.51. The average Bonchev–Trinajstić information content (AvgIpc) is 2.33. The summed E-state index contributed by atoms with van der Waals surface area (Å²) in [5.74, 6) is 1.64. The summed E-state index contributed by atoms with van der Waals surface area (Å²) in [6, 6.07) is 1.71. The molecule has 0 aliphatic carbocycles. The molecule has 1 rings (SSSR count). The van der Waals surface area contributed by atoms with Gasteiger partial charge in [-0.3, -0.25) is 0 Å². The molecule has 1 N–H and O–H groups in total. The second-order valence-electron chi connectivity index (χ2n) is 4.27. The van der Waals surface area contributed by atoms with Gasteiger partial charge in [-0.1, -0.05) is 25.4 Å². The molecule has 5 nitrogen and oxygen atoms in total. The van der Waals surface area contributed by atoms with Crippen molar-refractivity contribution in [3.8, 4) is 0 Å². The highest BCUT2D eigenvalue weighted by molar-refractivity contribution is 6.29. The fourth-order valence-electron chi connectivity index (χ4n) is 1.51. The highest BCUT2D eigenvalue weighted by Crippen LogP contribution is 2.19. The summed E-state index contributed by atoms with van der Waals surface area (Å²) in [7, 11) is 1.64. The highest BCUT2D eigenvalue weighted by Gasteiger charge is 2.12. The van der Waals surface area contributed by atoms with Crippen molar-refractivity contribution >= 4 is 17.4 Å². The van der Waals surface area contributed by atoms with Crippen molar-refractivity contribution < 1.29 is 9.84 Å². The molecule has 1 heterocycles. The number of hydrogen-bond acceptors (Lipinski definition) is 5. The molecule has 6 heteroatoms. The van der Waals surface area contributed by atoms with Crippen LogP contribution in [0.15, 0.2) is 6.07 Å². The molecule has 0 aliphatic heterocycles. The number of aliphatic hydroxyl groups is 1. The molecule has 1 aromatic heterocycles. The molecule has 0 radical (unpaired) electrons. The molecule has 0 saturated carbocycles. The molecule has 102 valence electrons. The van der Waals surface area contributed by atoms with Gasteiger partial charge in [0.1, 0.15) is 16.8 Å². The molecule has 0 amide bonds. The van der Waals surface area contributed by atoms with Crippen LogP contribution < -0.4 is 4.90 Å². The molecule has 1 aromatic rings. The minimum atomic E-state index is 0.0579. The Balaban J connectivity index is 2.95. The fraction of sp³-hybridized carbons (Fsp3) is 0.667. The van der Waals surface area contributed by atoms with E-state index in [1.54, 1.807) is 13.2 Å². The molecule has 0 spiro atoms. The van der Waals surface area contributed by atoms with Gasteiger partial charge in [0.05, 0.1) is 13.2 Å². The van der Waals surface area contributed by atoms with Gasteiger partial charge in [-0.15, -0.1) is 0 Å². The molecule has 0 unspecified atom stereocenters. The smallest absolute Gasteiger partial charge is 0.135 e. The predicted octanol–water partition coefficient (Wildman–Crippen LogP) is 1.70. The molecule has 0 atom stereocenters. The van der Waals surface area contributed by atoms with E-state index in [1.165, 1.54) is 0 Å². The molecule has 0 saturated heterocycles. The Morgan fingerprint density at radius 1 is 1.39 bits per heavy atom. The number of aliphatic hydroxyl groups excluding tert-OH is 1. The van der Waals surface area contributed by atoms with E-state index in [4.69, 9.17) is 21.4 Å². The van der Waals surface area contributed by atoms with Gasteiger partial charge in [0.25, 0.3) is 0 Å². The number of methoxy groups -OCH3 is 1. The molecule has 0 aliphatic rings. The summed E-state index contributed by atoms with van der Waals surface area (Å²) >= 11 is 6.00. The van der Waals surface area contributed by atoms with E-state index >= 15 is 0 Å². The largest absolute Gasteiger partial charge is 0.395 e. The third-order valence-corrected chi connectivity index (χ3v) is 2.67. The zero-order valence-corrected chi connectivity index (χ0v) is 11.8. The lowest BCUT2D eigenvalue weighted by atomic mass is 10.2. The second-order valence-corrected chi connectivity index (χ2v) is 4.65. The number of nitrogens with zero attached hydrogens (tertiary/aromatic N) is 3. The Morgan fingerprint density at radius 2 is 2.11 bits per heavy atom. The maximum Gasteiger partial charge on any atom is 0.135 e.